The van der Waals surface area contributed by atoms with Gasteiger partial charge in [-0.15, -0.1) is 0 Å². The summed E-state index contributed by atoms with van der Waals surface area (Å²) in [5.41, 5.74) is 2.85. The quantitative estimate of drug-likeness (QED) is 0.123. The minimum Gasteiger partial charge on any atom is -0.335 e. The van der Waals surface area contributed by atoms with Crippen molar-refractivity contribution < 1.29 is 30.5 Å². The molecule has 1 aliphatic rings. The second-order valence-electron chi connectivity index (χ2n) is 10.1. The first kappa shape index (κ1) is 32.2. The van der Waals surface area contributed by atoms with E-state index < -0.39 is 20.2 Å². The van der Waals surface area contributed by atoms with Crippen LogP contribution in [0.3, 0.4) is 0 Å². The summed E-state index contributed by atoms with van der Waals surface area (Å²) < 4.78 is 67.5. The van der Waals surface area contributed by atoms with E-state index in [1.807, 2.05) is 60.4 Å². The highest BCUT2D eigenvalue weighted by Crippen LogP contribution is 2.47. The molecule has 2 N–H and O–H groups in total. The molecule has 228 valence electrons. The van der Waals surface area contributed by atoms with Gasteiger partial charge < -0.3 is 4.90 Å². The zero-order chi connectivity index (χ0) is 30.9. The fourth-order valence-electron chi connectivity index (χ4n) is 5.02. The summed E-state index contributed by atoms with van der Waals surface area (Å²) >= 11 is 15.7. The number of halogens is 2. The molecule has 0 radical (unpaired) electrons. The lowest BCUT2D eigenvalue weighted by atomic mass is 10.1. The lowest BCUT2D eigenvalue weighted by Crippen LogP contribution is -2.36. The van der Waals surface area contributed by atoms with E-state index in [4.69, 9.17) is 23.2 Å². The first-order chi connectivity index (χ1) is 20.3. The Morgan fingerprint density at radius 2 is 1.65 bits per heavy atom. The highest BCUT2D eigenvalue weighted by atomic mass is 35.5. The molecule has 0 saturated carbocycles. The lowest BCUT2D eigenvalue weighted by molar-refractivity contribution is -0.667. The highest BCUT2D eigenvalue weighted by molar-refractivity contribution is 8.03. The molecule has 1 aromatic heterocycles. The number of thiazole rings is 1. The van der Waals surface area contributed by atoms with E-state index >= 15 is 0 Å². The van der Waals surface area contributed by atoms with Crippen LogP contribution in [0.4, 0.5) is 5.69 Å². The molecule has 0 aliphatic carbocycles. The van der Waals surface area contributed by atoms with Crippen LogP contribution < -0.4 is 9.47 Å². The number of hydrogen-bond donors (Lipinski definition) is 2. The molecule has 43 heavy (non-hydrogen) atoms. The molecule has 0 saturated heterocycles. The number of allylic oxidation sites excluding steroid dienone is 2. The summed E-state index contributed by atoms with van der Waals surface area (Å²) in [5, 5.41) is 4.97. The lowest BCUT2D eigenvalue weighted by Gasteiger charge is -2.20. The summed E-state index contributed by atoms with van der Waals surface area (Å²) in [4.78, 5) is 3.01. The van der Waals surface area contributed by atoms with Crippen molar-refractivity contribution in [3.8, 4) is 0 Å². The normalized spacial score (nSPS) is 15.2. The van der Waals surface area contributed by atoms with Gasteiger partial charge in [0.05, 0.1) is 27.6 Å². The van der Waals surface area contributed by atoms with Crippen molar-refractivity contribution in [3.05, 3.63) is 80.3 Å². The molecule has 2 heterocycles. The minimum absolute atomic E-state index is 0.231. The van der Waals surface area contributed by atoms with Gasteiger partial charge in [-0.1, -0.05) is 59.3 Å². The summed E-state index contributed by atoms with van der Waals surface area (Å²) in [6.45, 7) is 2.79. The van der Waals surface area contributed by atoms with Crippen molar-refractivity contribution in [2.45, 2.75) is 37.6 Å². The van der Waals surface area contributed by atoms with Crippen LogP contribution in [-0.2, 0) is 26.8 Å². The van der Waals surface area contributed by atoms with Crippen LogP contribution >= 0.6 is 46.3 Å². The second-order valence-corrected chi connectivity index (χ2v) is 16.2. The Morgan fingerprint density at radius 1 is 0.953 bits per heavy atom. The second kappa shape index (κ2) is 13.1. The molecule has 0 bridgehead atoms. The van der Waals surface area contributed by atoms with E-state index in [1.165, 1.54) is 0 Å². The predicted octanol–water partition coefficient (Wildman–Crippen LogP) is 7.45. The van der Waals surface area contributed by atoms with Gasteiger partial charge in [-0.25, -0.2) is 0 Å². The topological polar surface area (TPSA) is 116 Å². The largest absolute Gasteiger partial charge is 0.335 e. The molecular formula is C29H29Cl2N2O6S4+. The standard InChI is InChI=1S/C29H28Cl2N2O6S4/c1-2-19(15-27-32(11-3-13-42(34,35)36)24-18-22(31)7-10-25(24)40-27)16-28-33(12-4-14-43(37,38)39)29-23-8-6-21(30)17-20(23)5-9-26(29)41-28/h5-10,15-18H,2-4,11-14H2,1H3,(H-,34,35,36,37,38,39)/p+1. The fraction of sp³-hybridized carbons (Fsp3) is 0.276. The monoisotopic (exact) mass is 699 g/mol. The molecule has 0 unspecified atom stereocenters. The van der Waals surface area contributed by atoms with Crippen LogP contribution in [0.5, 0.6) is 0 Å². The van der Waals surface area contributed by atoms with Crippen LogP contribution in [0.1, 0.15) is 31.2 Å². The van der Waals surface area contributed by atoms with Gasteiger partial charge in [-0.05, 0) is 72.3 Å². The molecule has 5 rings (SSSR count). The molecule has 1 aliphatic heterocycles. The van der Waals surface area contributed by atoms with Crippen molar-refractivity contribution in [1.29, 1.82) is 0 Å². The number of aromatic nitrogens is 1. The summed E-state index contributed by atoms with van der Waals surface area (Å²) in [6, 6.07) is 15.3. The zero-order valence-electron chi connectivity index (χ0n) is 23.0. The smallest absolute Gasteiger partial charge is 0.265 e. The summed E-state index contributed by atoms with van der Waals surface area (Å²) in [7, 11) is -8.20. The number of fused-ring (bicyclic) bond motifs is 4. The number of anilines is 1. The number of rotatable bonds is 11. The number of hydrogen-bond acceptors (Lipinski definition) is 7. The van der Waals surface area contributed by atoms with Crippen molar-refractivity contribution in [2.75, 3.05) is 23.0 Å². The van der Waals surface area contributed by atoms with Gasteiger partial charge in [0.15, 0.2) is 6.54 Å². The maximum absolute atomic E-state index is 11.5. The number of benzene rings is 3. The molecule has 3 aromatic carbocycles. The van der Waals surface area contributed by atoms with Crippen molar-refractivity contribution in [3.63, 3.8) is 0 Å². The van der Waals surface area contributed by atoms with Crippen LogP contribution in [0.15, 0.2) is 70.1 Å². The maximum atomic E-state index is 11.5. The van der Waals surface area contributed by atoms with Crippen LogP contribution in [0, 0.1) is 0 Å². The third-order valence-corrected chi connectivity index (χ3v) is 11.2. The van der Waals surface area contributed by atoms with Gasteiger partial charge in [-0.3, -0.25) is 9.11 Å². The minimum atomic E-state index is -4.11. The maximum Gasteiger partial charge on any atom is 0.265 e. The third-order valence-electron chi connectivity index (χ3n) is 6.95. The molecule has 4 aromatic rings. The Hall–Kier alpha value is -2.16. The van der Waals surface area contributed by atoms with Crippen LogP contribution in [0.25, 0.3) is 27.1 Å². The van der Waals surface area contributed by atoms with Gasteiger partial charge >= 0.3 is 0 Å². The van der Waals surface area contributed by atoms with Crippen LogP contribution in [-0.4, -0.2) is 44.0 Å². The number of thioether (sulfide) groups is 1. The Morgan fingerprint density at radius 3 is 2.37 bits per heavy atom. The summed E-state index contributed by atoms with van der Waals surface area (Å²) in [6.07, 6.45) is 5.30. The van der Waals surface area contributed by atoms with E-state index in [9.17, 15) is 25.9 Å². The SMILES string of the molecule is CCC(=Cc1sc2ccc3cc(Cl)ccc3c2[n+]1CCCS(=O)(=O)O)C=C1Sc2ccc(Cl)cc2N1CCCS(=O)(=O)O. The molecule has 0 atom stereocenters. The number of nitrogens with zero attached hydrogens (tertiary/aromatic N) is 2. The van der Waals surface area contributed by atoms with Crippen molar-refractivity contribution in [2.24, 2.45) is 0 Å². The molecular weight excluding hydrogens is 672 g/mol. The molecule has 0 fully saturated rings. The van der Waals surface area contributed by atoms with Gasteiger partial charge in [0.25, 0.3) is 25.2 Å². The number of aryl methyl sites for hydroxylation is 1. The van der Waals surface area contributed by atoms with Crippen LogP contribution in [0.2, 0.25) is 10.0 Å². The van der Waals surface area contributed by atoms with E-state index in [2.05, 4.69) is 16.7 Å². The fourth-order valence-corrected chi connectivity index (χ4v) is 8.68. The Labute approximate surface area is 269 Å². The first-order valence-corrected chi connectivity index (χ1v) is 19.0. The molecule has 0 spiro atoms. The van der Waals surface area contributed by atoms with Gasteiger partial charge in [0.1, 0.15) is 4.70 Å². The molecule has 14 heteroatoms. The third kappa shape index (κ3) is 7.93. The zero-order valence-corrected chi connectivity index (χ0v) is 27.8. The van der Waals surface area contributed by atoms with Crippen molar-refractivity contribution in [1.82, 2.24) is 0 Å². The average Bonchev–Trinajstić information content (AvgIpc) is 3.44. The van der Waals surface area contributed by atoms with E-state index in [-0.39, 0.29) is 24.3 Å². The first-order valence-electron chi connectivity index (χ1n) is 13.4. The predicted molar refractivity (Wildman–Crippen MR) is 178 cm³/mol. The highest BCUT2D eigenvalue weighted by Gasteiger charge is 2.27. The van der Waals surface area contributed by atoms with E-state index in [1.54, 1.807) is 23.1 Å². The van der Waals surface area contributed by atoms with Crippen molar-refractivity contribution >= 4 is 99.3 Å². The van der Waals surface area contributed by atoms with E-state index in [0.29, 0.717) is 29.6 Å². The van der Waals surface area contributed by atoms with E-state index in [0.717, 1.165) is 47.2 Å². The average molecular weight is 701 g/mol. The molecule has 0 amide bonds. The van der Waals surface area contributed by atoms with Gasteiger partial charge in [0, 0.05) is 34.0 Å². The Kier molecular flexibility index (Phi) is 9.79. The summed E-state index contributed by atoms with van der Waals surface area (Å²) in [5.74, 6) is -0.698. The van der Waals surface area contributed by atoms with Gasteiger partial charge in [-0.2, -0.15) is 21.4 Å². The molecule has 8 nitrogen and oxygen atoms in total. The Bertz CT molecular complexity index is 1990. The Balaban J connectivity index is 1.58. The van der Waals surface area contributed by atoms with Gasteiger partial charge in [0.2, 0.25) is 5.52 Å².